The summed E-state index contributed by atoms with van der Waals surface area (Å²) in [6, 6.07) is 0.287. The molecule has 0 aromatic carbocycles. The Labute approximate surface area is 89.2 Å². The van der Waals surface area contributed by atoms with E-state index >= 15 is 0 Å². The Balaban J connectivity index is 2.35. The standard InChI is InChI=1S/C10H18N2O3/c11-6-1-2-9(13)12(8-3-4-8)7-5-10(14)15/h8H,1-7,11H2,(H,14,15). The molecular weight excluding hydrogens is 196 g/mol. The minimum Gasteiger partial charge on any atom is -0.481 e. The number of hydrogen-bond acceptors (Lipinski definition) is 3. The Kier molecular flexibility index (Phi) is 4.55. The monoisotopic (exact) mass is 214 g/mol. The van der Waals surface area contributed by atoms with Gasteiger partial charge in [0.25, 0.3) is 0 Å². The molecule has 0 saturated heterocycles. The van der Waals surface area contributed by atoms with Gasteiger partial charge in [0.15, 0.2) is 0 Å². The third-order valence-electron chi connectivity index (χ3n) is 2.47. The normalized spacial score (nSPS) is 15.0. The summed E-state index contributed by atoms with van der Waals surface area (Å²) in [7, 11) is 0. The second-order valence-electron chi connectivity index (χ2n) is 3.85. The number of carboxylic acids is 1. The van der Waals surface area contributed by atoms with E-state index in [-0.39, 0.29) is 18.4 Å². The van der Waals surface area contributed by atoms with E-state index in [1.165, 1.54) is 0 Å². The van der Waals surface area contributed by atoms with E-state index in [0.29, 0.717) is 25.9 Å². The first-order valence-electron chi connectivity index (χ1n) is 5.36. The quantitative estimate of drug-likeness (QED) is 0.633. The molecule has 3 N–H and O–H groups in total. The van der Waals surface area contributed by atoms with Gasteiger partial charge in [0.05, 0.1) is 6.42 Å². The second kappa shape index (κ2) is 5.70. The summed E-state index contributed by atoms with van der Waals surface area (Å²) in [5, 5.41) is 8.56. The summed E-state index contributed by atoms with van der Waals surface area (Å²) in [4.78, 5) is 23.8. The van der Waals surface area contributed by atoms with Gasteiger partial charge in [-0.3, -0.25) is 9.59 Å². The maximum atomic E-state index is 11.7. The van der Waals surface area contributed by atoms with Crippen LogP contribution in [0, 0.1) is 0 Å². The van der Waals surface area contributed by atoms with Gasteiger partial charge in [0.1, 0.15) is 0 Å². The smallest absolute Gasteiger partial charge is 0.305 e. The third-order valence-corrected chi connectivity index (χ3v) is 2.47. The zero-order chi connectivity index (χ0) is 11.3. The largest absolute Gasteiger partial charge is 0.481 e. The number of nitrogens with zero attached hydrogens (tertiary/aromatic N) is 1. The Morgan fingerprint density at radius 1 is 1.33 bits per heavy atom. The molecule has 0 atom stereocenters. The molecule has 0 unspecified atom stereocenters. The van der Waals surface area contributed by atoms with Crippen molar-refractivity contribution >= 4 is 11.9 Å². The number of aliphatic carboxylic acids is 1. The van der Waals surface area contributed by atoms with Crippen LogP contribution in [0.1, 0.15) is 32.1 Å². The van der Waals surface area contributed by atoms with Crippen LogP contribution in [-0.2, 0) is 9.59 Å². The second-order valence-corrected chi connectivity index (χ2v) is 3.85. The molecule has 5 nitrogen and oxygen atoms in total. The number of carboxylic acid groups (broad SMARTS) is 1. The van der Waals surface area contributed by atoms with E-state index in [2.05, 4.69) is 0 Å². The number of carbonyl (C=O) groups is 2. The van der Waals surface area contributed by atoms with Gasteiger partial charge in [-0.2, -0.15) is 0 Å². The van der Waals surface area contributed by atoms with E-state index in [9.17, 15) is 9.59 Å². The van der Waals surface area contributed by atoms with Crippen molar-refractivity contribution in [1.82, 2.24) is 4.90 Å². The Morgan fingerprint density at radius 3 is 2.47 bits per heavy atom. The van der Waals surface area contributed by atoms with Crippen molar-refractivity contribution in [3.05, 3.63) is 0 Å². The lowest BCUT2D eigenvalue weighted by Crippen LogP contribution is -2.35. The van der Waals surface area contributed by atoms with Gasteiger partial charge in [-0.15, -0.1) is 0 Å². The Bertz CT molecular complexity index is 239. The fourth-order valence-electron chi connectivity index (χ4n) is 1.51. The van der Waals surface area contributed by atoms with Gasteiger partial charge in [-0.05, 0) is 25.8 Å². The molecule has 0 aromatic rings. The highest BCUT2D eigenvalue weighted by Crippen LogP contribution is 2.27. The van der Waals surface area contributed by atoms with E-state index in [4.69, 9.17) is 10.8 Å². The van der Waals surface area contributed by atoms with Crippen molar-refractivity contribution in [2.45, 2.75) is 38.1 Å². The molecule has 15 heavy (non-hydrogen) atoms. The van der Waals surface area contributed by atoms with Crippen molar-refractivity contribution in [3.63, 3.8) is 0 Å². The summed E-state index contributed by atoms with van der Waals surface area (Å²) < 4.78 is 0. The number of amides is 1. The maximum Gasteiger partial charge on any atom is 0.305 e. The van der Waals surface area contributed by atoms with Crippen LogP contribution in [0.3, 0.4) is 0 Å². The fourth-order valence-corrected chi connectivity index (χ4v) is 1.51. The van der Waals surface area contributed by atoms with Crippen LogP contribution in [0.25, 0.3) is 0 Å². The SMILES string of the molecule is NCCCC(=O)N(CCC(=O)O)C1CC1. The highest BCUT2D eigenvalue weighted by Gasteiger charge is 2.31. The van der Waals surface area contributed by atoms with Crippen LogP contribution >= 0.6 is 0 Å². The highest BCUT2D eigenvalue weighted by atomic mass is 16.4. The van der Waals surface area contributed by atoms with Gasteiger partial charge in [-0.1, -0.05) is 0 Å². The molecule has 1 aliphatic rings. The molecule has 0 spiro atoms. The van der Waals surface area contributed by atoms with Crippen LogP contribution < -0.4 is 5.73 Å². The van der Waals surface area contributed by atoms with E-state index in [1.54, 1.807) is 4.90 Å². The van der Waals surface area contributed by atoms with Crippen LogP contribution in [0.15, 0.2) is 0 Å². The molecule has 0 aromatic heterocycles. The number of hydrogen-bond donors (Lipinski definition) is 2. The average molecular weight is 214 g/mol. The molecular formula is C10H18N2O3. The predicted octanol–water partition coefficient (Wildman–Crippen LogP) is 0.191. The molecule has 0 radical (unpaired) electrons. The summed E-state index contributed by atoms with van der Waals surface area (Å²) >= 11 is 0. The number of rotatable bonds is 7. The summed E-state index contributed by atoms with van der Waals surface area (Å²) in [5.74, 6) is -0.809. The van der Waals surface area contributed by atoms with Gasteiger partial charge < -0.3 is 15.7 Å². The predicted molar refractivity (Wildman–Crippen MR) is 55.3 cm³/mol. The molecule has 0 aliphatic heterocycles. The van der Waals surface area contributed by atoms with E-state index in [1.807, 2.05) is 0 Å². The Morgan fingerprint density at radius 2 is 2.00 bits per heavy atom. The maximum absolute atomic E-state index is 11.7. The van der Waals surface area contributed by atoms with Crippen molar-refractivity contribution in [2.75, 3.05) is 13.1 Å². The van der Waals surface area contributed by atoms with Gasteiger partial charge in [0.2, 0.25) is 5.91 Å². The minimum atomic E-state index is -0.854. The van der Waals surface area contributed by atoms with Gasteiger partial charge >= 0.3 is 5.97 Å². The summed E-state index contributed by atoms with van der Waals surface area (Å²) in [6.07, 6.45) is 3.16. The highest BCUT2D eigenvalue weighted by molar-refractivity contribution is 5.77. The molecule has 5 heteroatoms. The number of nitrogens with two attached hydrogens (primary N) is 1. The molecule has 1 saturated carbocycles. The van der Waals surface area contributed by atoms with Crippen LogP contribution in [0.5, 0.6) is 0 Å². The molecule has 0 heterocycles. The zero-order valence-electron chi connectivity index (χ0n) is 8.82. The first-order valence-corrected chi connectivity index (χ1v) is 5.36. The number of carbonyl (C=O) groups excluding carboxylic acids is 1. The van der Waals surface area contributed by atoms with Crippen LogP contribution in [-0.4, -0.2) is 41.0 Å². The van der Waals surface area contributed by atoms with Crippen molar-refractivity contribution < 1.29 is 14.7 Å². The summed E-state index contributed by atoms with van der Waals surface area (Å²) in [6.45, 7) is 0.840. The minimum absolute atomic E-state index is 0.0326. The van der Waals surface area contributed by atoms with Gasteiger partial charge in [-0.25, -0.2) is 0 Å². The molecule has 0 bridgehead atoms. The zero-order valence-corrected chi connectivity index (χ0v) is 8.82. The lowest BCUT2D eigenvalue weighted by atomic mass is 10.2. The topological polar surface area (TPSA) is 83.6 Å². The molecule has 86 valence electrons. The van der Waals surface area contributed by atoms with Crippen LogP contribution in [0.4, 0.5) is 0 Å². The van der Waals surface area contributed by atoms with E-state index < -0.39 is 5.97 Å². The summed E-state index contributed by atoms with van der Waals surface area (Å²) in [5.41, 5.74) is 5.33. The van der Waals surface area contributed by atoms with Gasteiger partial charge in [0, 0.05) is 19.0 Å². The van der Waals surface area contributed by atoms with Crippen molar-refractivity contribution in [1.29, 1.82) is 0 Å². The lowest BCUT2D eigenvalue weighted by Gasteiger charge is -2.21. The third kappa shape index (κ3) is 4.29. The molecule has 1 fully saturated rings. The molecule has 1 amide bonds. The first-order chi connectivity index (χ1) is 7.15. The first kappa shape index (κ1) is 12.0. The Hall–Kier alpha value is -1.10. The van der Waals surface area contributed by atoms with Crippen LogP contribution in [0.2, 0.25) is 0 Å². The average Bonchev–Trinajstić information content (AvgIpc) is 2.98. The fraction of sp³-hybridized carbons (Fsp3) is 0.800. The lowest BCUT2D eigenvalue weighted by molar-refractivity contribution is -0.138. The molecule has 1 aliphatic carbocycles. The molecule has 1 rings (SSSR count). The van der Waals surface area contributed by atoms with Crippen molar-refractivity contribution in [3.8, 4) is 0 Å². The van der Waals surface area contributed by atoms with E-state index in [0.717, 1.165) is 12.8 Å². The van der Waals surface area contributed by atoms with Crippen molar-refractivity contribution in [2.24, 2.45) is 5.73 Å².